The van der Waals surface area contributed by atoms with E-state index in [1.54, 1.807) is 0 Å². The van der Waals surface area contributed by atoms with Crippen molar-refractivity contribution in [2.75, 3.05) is 45.1 Å². The van der Waals surface area contributed by atoms with Gasteiger partial charge in [-0.1, -0.05) is 22.0 Å². The van der Waals surface area contributed by atoms with E-state index in [-0.39, 0.29) is 5.91 Å². The van der Waals surface area contributed by atoms with Crippen molar-refractivity contribution in [3.8, 4) is 0 Å². The molecule has 1 aromatic carbocycles. The van der Waals surface area contributed by atoms with Gasteiger partial charge < -0.3 is 10.2 Å². The maximum Gasteiger partial charge on any atom is 0.239 e. The molecule has 1 aliphatic rings. The maximum atomic E-state index is 11.8. The highest BCUT2D eigenvalue weighted by atomic mass is 79.9. The molecule has 1 amide bonds. The molecule has 0 atom stereocenters. The maximum absolute atomic E-state index is 11.8. The molecule has 1 fully saturated rings. The molecule has 0 unspecified atom stereocenters. The Labute approximate surface area is 122 Å². The number of hydrazine groups is 1. The lowest BCUT2D eigenvalue weighted by atomic mass is 10.3. The van der Waals surface area contributed by atoms with E-state index in [9.17, 15) is 4.79 Å². The van der Waals surface area contributed by atoms with Crippen LogP contribution in [0, 0.1) is 0 Å². The van der Waals surface area contributed by atoms with Crippen LogP contribution >= 0.6 is 15.9 Å². The summed E-state index contributed by atoms with van der Waals surface area (Å²) in [6.45, 7) is 4.25. The third-order valence-electron chi connectivity index (χ3n) is 3.07. The van der Waals surface area contributed by atoms with Crippen LogP contribution in [-0.4, -0.2) is 55.6 Å². The number of anilines is 1. The van der Waals surface area contributed by atoms with Crippen molar-refractivity contribution in [3.63, 3.8) is 0 Å². The molecule has 1 aliphatic heterocycles. The van der Waals surface area contributed by atoms with Gasteiger partial charge in [-0.3, -0.25) is 4.79 Å². The molecule has 6 heteroatoms. The number of halogens is 1. The van der Waals surface area contributed by atoms with Gasteiger partial charge in [-0.15, -0.1) is 0 Å². The lowest BCUT2D eigenvalue weighted by Gasteiger charge is -2.32. The monoisotopic (exact) mass is 326 g/mol. The first-order valence-electron chi connectivity index (χ1n) is 6.36. The van der Waals surface area contributed by atoms with Gasteiger partial charge in [0.1, 0.15) is 0 Å². The highest BCUT2D eigenvalue weighted by molar-refractivity contribution is 9.10. The first kappa shape index (κ1) is 14.5. The number of nitrogens with zero attached hydrogens (tertiary/aromatic N) is 2. The second kappa shape index (κ2) is 7.00. The molecule has 0 spiro atoms. The smallest absolute Gasteiger partial charge is 0.239 e. The molecular formula is C13H19BrN4O. The molecule has 2 N–H and O–H groups in total. The second-order valence-electron chi connectivity index (χ2n) is 4.68. The van der Waals surface area contributed by atoms with Gasteiger partial charge in [0, 0.05) is 36.3 Å². The Morgan fingerprint density at radius 1 is 1.32 bits per heavy atom. The van der Waals surface area contributed by atoms with Crippen LogP contribution in [-0.2, 0) is 4.79 Å². The van der Waals surface area contributed by atoms with Crippen LogP contribution in [0.4, 0.5) is 5.69 Å². The van der Waals surface area contributed by atoms with Gasteiger partial charge in [0.2, 0.25) is 5.91 Å². The number of nitrogens with one attached hydrogen (secondary N) is 2. The van der Waals surface area contributed by atoms with Gasteiger partial charge in [-0.05, 0) is 25.2 Å². The third kappa shape index (κ3) is 4.91. The zero-order valence-electron chi connectivity index (χ0n) is 11.0. The fourth-order valence-corrected chi connectivity index (χ4v) is 2.32. The summed E-state index contributed by atoms with van der Waals surface area (Å²) in [6, 6.07) is 7.58. The molecule has 2 rings (SSSR count). The minimum Gasteiger partial charge on any atom is -0.325 e. The number of amides is 1. The summed E-state index contributed by atoms with van der Waals surface area (Å²) >= 11 is 3.38. The van der Waals surface area contributed by atoms with E-state index in [1.165, 1.54) is 0 Å². The van der Waals surface area contributed by atoms with Crippen molar-refractivity contribution in [2.45, 2.75) is 0 Å². The van der Waals surface area contributed by atoms with Crippen LogP contribution in [0.3, 0.4) is 0 Å². The molecule has 0 radical (unpaired) electrons. The molecule has 104 valence electrons. The Kier molecular flexibility index (Phi) is 5.33. The highest BCUT2D eigenvalue weighted by Gasteiger charge is 2.14. The summed E-state index contributed by atoms with van der Waals surface area (Å²) in [6.07, 6.45) is 0. The molecule has 1 saturated heterocycles. The Hall–Kier alpha value is -0.950. The Balaban J connectivity index is 1.73. The van der Waals surface area contributed by atoms with E-state index in [0.29, 0.717) is 6.54 Å². The SMILES string of the molecule is CN1CCN(NCC(=O)Nc2cccc(Br)c2)CC1. The second-order valence-corrected chi connectivity index (χ2v) is 5.60. The topological polar surface area (TPSA) is 47.6 Å². The largest absolute Gasteiger partial charge is 0.325 e. The van der Waals surface area contributed by atoms with E-state index < -0.39 is 0 Å². The average molecular weight is 327 g/mol. The Bertz CT molecular complexity index is 432. The number of piperazine rings is 1. The molecule has 1 heterocycles. The van der Waals surface area contributed by atoms with Crippen LogP contribution in [0.5, 0.6) is 0 Å². The van der Waals surface area contributed by atoms with Crippen molar-refractivity contribution in [3.05, 3.63) is 28.7 Å². The van der Waals surface area contributed by atoms with Crippen LogP contribution in [0.15, 0.2) is 28.7 Å². The van der Waals surface area contributed by atoms with E-state index in [4.69, 9.17) is 0 Å². The number of benzene rings is 1. The van der Waals surface area contributed by atoms with Gasteiger partial charge in [0.05, 0.1) is 6.54 Å². The molecule has 19 heavy (non-hydrogen) atoms. The fourth-order valence-electron chi connectivity index (χ4n) is 1.92. The van der Waals surface area contributed by atoms with Crippen LogP contribution in [0.2, 0.25) is 0 Å². The van der Waals surface area contributed by atoms with Crippen LogP contribution < -0.4 is 10.7 Å². The molecule has 0 aromatic heterocycles. The number of hydrogen-bond donors (Lipinski definition) is 2. The zero-order valence-corrected chi connectivity index (χ0v) is 12.6. The lowest BCUT2D eigenvalue weighted by Crippen LogP contribution is -2.52. The molecule has 0 bridgehead atoms. The molecule has 1 aromatic rings. The Morgan fingerprint density at radius 2 is 2.05 bits per heavy atom. The first-order valence-corrected chi connectivity index (χ1v) is 7.15. The van der Waals surface area contributed by atoms with E-state index >= 15 is 0 Å². The minimum atomic E-state index is -0.0305. The van der Waals surface area contributed by atoms with Gasteiger partial charge in [0.15, 0.2) is 0 Å². The number of rotatable bonds is 4. The summed E-state index contributed by atoms with van der Waals surface area (Å²) in [5.41, 5.74) is 3.96. The summed E-state index contributed by atoms with van der Waals surface area (Å²) in [4.78, 5) is 14.1. The van der Waals surface area contributed by atoms with Crippen molar-refractivity contribution in [1.29, 1.82) is 0 Å². The number of likely N-dealkylation sites (N-methyl/N-ethyl adjacent to an activating group) is 1. The van der Waals surface area contributed by atoms with Crippen LogP contribution in [0.1, 0.15) is 0 Å². The molecular weight excluding hydrogens is 308 g/mol. The van der Waals surface area contributed by atoms with E-state index in [0.717, 1.165) is 36.3 Å². The average Bonchev–Trinajstić information content (AvgIpc) is 2.38. The first-order chi connectivity index (χ1) is 9.13. The van der Waals surface area contributed by atoms with Crippen molar-refractivity contribution < 1.29 is 4.79 Å². The summed E-state index contributed by atoms with van der Waals surface area (Å²) in [7, 11) is 2.11. The van der Waals surface area contributed by atoms with Crippen LogP contribution in [0.25, 0.3) is 0 Å². The van der Waals surface area contributed by atoms with Gasteiger partial charge in [0.25, 0.3) is 0 Å². The van der Waals surface area contributed by atoms with Crippen molar-refractivity contribution in [1.82, 2.24) is 15.3 Å². The molecule has 5 nitrogen and oxygen atoms in total. The Morgan fingerprint density at radius 3 is 2.74 bits per heavy atom. The normalized spacial score (nSPS) is 17.4. The summed E-state index contributed by atoms with van der Waals surface area (Å²) in [5, 5.41) is 4.96. The molecule has 0 aliphatic carbocycles. The quantitative estimate of drug-likeness (QED) is 0.871. The van der Waals surface area contributed by atoms with Crippen molar-refractivity contribution >= 4 is 27.5 Å². The zero-order chi connectivity index (χ0) is 13.7. The van der Waals surface area contributed by atoms with Gasteiger partial charge >= 0.3 is 0 Å². The fraction of sp³-hybridized carbons (Fsp3) is 0.462. The number of hydrogen-bond acceptors (Lipinski definition) is 4. The van der Waals surface area contributed by atoms with Crippen molar-refractivity contribution in [2.24, 2.45) is 0 Å². The predicted octanol–water partition coefficient (Wildman–Crippen LogP) is 1.14. The highest BCUT2D eigenvalue weighted by Crippen LogP contribution is 2.15. The van der Waals surface area contributed by atoms with Gasteiger partial charge in [-0.2, -0.15) is 0 Å². The van der Waals surface area contributed by atoms with E-state index in [1.807, 2.05) is 24.3 Å². The standard InChI is InChI=1S/C13H19BrN4O/c1-17-5-7-18(8-6-17)15-10-13(19)16-12-4-2-3-11(14)9-12/h2-4,9,15H,5-8,10H2,1H3,(H,16,19). The third-order valence-corrected chi connectivity index (χ3v) is 3.57. The summed E-state index contributed by atoms with van der Waals surface area (Å²) < 4.78 is 0.956. The van der Waals surface area contributed by atoms with Gasteiger partial charge in [-0.25, -0.2) is 10.4 Å². The number of carbonyl (C=O) groups is 1. The lowest BCUT2D eigenvalue weighted by molar-refractivity contribution is -0.116. The molecule has 0 saturated carbocycles. The summed E-state index contributed by atoms with van der Waals surface area (Å²) in [5.74, 6) is -0.0305. The van der Waals surface area contributed by atoms with E-state index in [2.05, 4.69) is 43.6 Å². The predicted molar refractivity (Wildman–Crippen MR) is 79.8 cm³/mol. The number of carbonyl (C=O) groups excluding carboxylic acids is 1. The minimum absolute atomic E-state index is 0.0305.